The Kier molecular flexibility index (Phi) is 4.75. The normalized spacial score (nSPS) is 13.9. The minimum absolute atomic E-state index is 0.0707. The van der Waals surface area contributed by atoms with E-state index in [9.17, 15) is 9.59 Å². The van der Waals surface area contributed by atoms with Crippen LogP contribution in [0.15, 0.2) is 54.9 Å². The molecular formula is C20H17ClN4O3. The van der Waals surface area contributed by atoms with Crippen molar-refractivity contribution in [3.8, 4) is 5.75 Å². The summed E-state index contributed by atoms with van der Waals surface area (Å²) >= 11 is 6.00. The third kappa shape index (κ3) is 3.57. The molecule has 2 heterocycles. The Balaban J connectivity index is 1.63. The Labute approximate surface area is 166 Å². The van der Waals surface area contributed by atoms with Crippen LogP contribution >= 0.6 is 11.6 Å². The van der Waals surface area contributed by atoms with Gasteiger partial charge in [-0.1, -0.05) is 23.7 Å². The zero-order valence-corrected chi connectivity index (χ0v) is 15.7. The van der Waals surface area contributed by atoms with Crippen LogP contribution in [0.1, 0.15) is 27.8 Å². The first kappa shape index (κ1) is 18.1. The number of hydrogen-bond acceptors (Lipinski definition) is 4. The first-order chi connectivity index (χ1) is 13.5. The zero-order valence-electron chi connectivity index (χ0n) is 15.0. The van der Waals surface area contributed by atoms with E-state index in [1.165, 1.54) is 0 Å². The van der Waals surface area contributed by atoms with E-state index in [-0.39, 0.29) is 18.4 Å². The van der Waals surface area contributed by atoms with Gasteiger partial charge in [0.05, 0.1) is 5.69 Å². The molecule has 0 saturated heterocycles. The summed E-state index contributed by atoms with van der Waals surface area (Å²) in [7, 11) is 1.87. The Hall–Kier alpha value is -3.32. The highest BCUT2D eigenvalue weighted by atomic mass is 35.5. The molecule has 1 atom stereocenters. The van der Waals surface area contributed by atoms with Crippen LogP contribution in [0.5, 0.6) is 5.75 Å². The molecule has 0 saturated carbocycles. The second-order valence-electron chi connectivity index (χ2n) is 6.40. The first-order valence-corrected chi connectivity index (χ1v) is 8.99. The van der Waals surface area contributed by atoms with Gasteiger partial charge < -0.3 is 19.9 Å². The molecule has 1 aliphatic rings. The van der Waals surface area contributed by atoms with Crippen LogP contribution in [0, 0.1) is 0 Å². The fraction of sp³-hybridized carbons (Fsp3) is 0.150. The summed E-state index contributed by atoms with van der Waals surface area (Å²) in [6.07, 6.45) is 3.50. The lowest BCUT2D eigenvalue weighted by atomic mass is 10.0. The quantitative estimate of drug-likeness (QED) is 0.710. The minimum atomic E-state index is -0.457. The number of benzene rings is 2. The van der Waals surface area contributed by atoms with Gasteiger partial charge in [-0.05, 0) is 35.9 Å². The maximum Gasteiger partial charge on any atom is 0.262 e. The summed E-state index contributed by atoms with van der Waals surface area (Å²) in [5.41, 5.74) is 1.82. The van der Waals surface area contributed by atoms with Crippen LogP contribution in [0.25, 0.3) is 0 Å². The van der Waals surface area contributed by atoms with Gasteiger partial charge in [-0.2, -0.15) is 0 Å². The van der Waals surface area contributed by atoms with E-state index in [0.717, 1.165) is 5.56 Å². The van der Waals surface area contributed by atoms with Crippen molar-refractivity contribution in [3.05, 3.63) is 76.8 Å². The first-order valence-electron chi connectivity index (χ1n) is 8.61. The number of imidazole rings is 1. The van der Waals surface area contributed by atoms with Crippen LogP contribution in [0.3, 0.4) is 0 Å². The van der Waals surface area contributed by atoms with E-state index in [2.05, 4.69) is 15.6 Å². The number of aryl methyl sites for hydroxylation is 1. The second-order valence-corrected chi connectivity index (χ2v) is 6.84. The molecule has 2 aromatic carbocycles. The van der Waals surface area contributed by atoms with E-state index in [1.807, 2.05) is 29.9 Å². The molecule has 4 rings (SSSR count). The number of rotatable bonds is 4. The van der Waals surface area contributed by atoms with Crippen molar-refractivity contribution < 1.29 is 14.3 Å². The lowest BCUT2D eigenvalue weighted by molar-refractivity contribution is -0.118. The van der Waals surface area contributed by atoms with Gasteiger partial charge >= 0.3 is 0 Å². The molecule has 142 valence electrons. The lowest BCUT2D eigenvalue weighted by Crippen LogP contribution is -2.31. The third-order valence-electron chi connectivity index (χ3n) is 4.47. The molecule has 0 spiro atoms. The monoisotopic (exact) mass is 396 g/mol. The van der Waals surface area contributed by atoms with E-state index in [1.54, 1.807) is 36.5 Å². The van der Waals surface area contributed by atoms with Gasteiger partial charge in [0.25, 0.3) is 11.8 Å². The Bertz CT molecular complexity index is 1050. The smallest absolute Gasteiger partial charge is 0.262 e. The molecule has 0 radical (unpaired) electrons. The molecule has 0 bridgehead atoms. The number of amides is 2. The van der Waals surface area contributed by atoms with Gasteiger partial charge in [-0.25, -0.2) is 4.98 Å². The van der Waals surface area contributed by atoms with Gasteiger partial charge in [-0.3, -0.25) is 9.59 Å². The van der Waals surface area contributed by atoms with Crippen molar-refractivity contribution in [2.75, 3.05) is 11.9 Å². The highest BCUT2D eigenvalue weighted by Gasteiger charge is 2.23. The molecule has 28 heavy (non-hydrogen) atoms. The zero-order chi connectivity index (χ0) is 19.7. The summed E-state index contributed by atoms with van der Waals surface area (Å²) < 4.78 is 7.25. The summed E-state index contributed by atoms with van der Waals surface area (Å²) in [4.78, 5) is 28.7. The highest BCUT2D eigenvalue weighted by molar-refractivity contribution is 6.30. The number of ether oxygens (including phenoxy) is 1. The molecule has 0 unspecified atom stereocenters. The molecule has 7 nitrogen and oxygen atoms in total. The predicted octanol–water partition coefficient (Wildman–Crippen LogP) is 2.92. The van der Waals surface area contributed by atoms with Gasteiger partial charge in [0, 0.05) is 30.0 Å². The highest BCUT2D eigenvalue weighted by Crippen LogP contribution is 2.29. The average molecular weight is 397 g/mol. The summed E-state index contributed by atoms with van der Waals surface area (Å²) in [5, 5.41) is 6.34. The summed E-state index contributed by atoms with van der Waals surface area (Å²) in [6, 6.07) is 11.7. The summed E-state index contributed by atoms with van der Waals surface area (Å²) in [6.45, 7) is -0.0707. The standard InChI is InChI=1S/C20H17ClN4O3/c1-25-9-8-22-19(25)18(12-2-5-14(21)6-3-12)24-20(27)13-4-7-15-16(10-13)28-11-17(26)23-15/h2-10,18H,11H2,1H3,(H,23,26)(H,24,27)/t18-/m1/s1. The molecule has 1 aliphatic heterocycles. The molecule has 1 aromatic heterocycles. The maximum atomic E-state index is 12.9. The number of nitrogens with one attached hydrogen (secondary N) is 2. The molecule has 3 aromatic rings. The van der Waals surface area contributed by atoms with Crippen molar-refractivity contribution >= 4 is 29.1 Å². The van der Waals surface area contributed by atoms with E-state index < -0.39 is 6.04 Å². The number of hydrogen-bond donors (Lipinski definition) is 2. The van der Waals surface area contributed by atoms with Crippen molar-refractivity contribution in [1.82, 2.24) is 14.9 Å². The topological polar surface area (TPSA) is 85.2 Å². The number of fused-ring (bicyclic) bond motifs is 1. The Morgan fingerprint density at radius 2 is 2.07 bits per heavy atom. The third-order valence-corrected chi connectivity index (χ3v) is 4.72. The van der Waals surface area contributed by atoms with Gasteiger partial charge in [0.15, 0.2) is 6.61 Å². The van der Waals surface area contributed by atoms with E-state index in [4.69, 9.17) is 16.3 Å². The molecule has 0 aliphatic carbocycles. The van der Waals surface area contributed by atoms with Gasteiger partial charge in [-0.15, -0.1) is 0 Å². The summed E-state index contributed by atoms with van der Waals surface area (Å²) in [5.74, 6) is 0.651. The van der Waals surface area contributed by atoms with Crippen molar-refractivity contribution in [3.63, 3.8) is 0 Å². The minimum Gasteiger partial charge on any atom is -0.482 e. The van der Waals surface area contributed by atoms with Gasteiger partial charge in [0.2, 0.25) is 0 Å². The Morgan fingerprint density at radius 3 is 2.79 bits per heavy atom. The Morgan fingerprint density at radius 1 is 1.29 bits per heavy atom. The fourth-order valence-corrected chi connectivity index (χ4v) is 3.16. The maximum absolute atomic E-state index is 12.9. The van der Waals surface area contributed by atoms with Crippen LogP contribution < -0.4 is 15.4 Å². The number of aromatic nitrogens is 2. The number of halogens is 1. The van der Waals surface area contributed by atoms with Crippen LogP contribution in [-0.2, 0) is 11.8 Å². The van der Waals surface area contributed by atoms with Gasteiger partial charge in [0.1, 0.15) is 17.6 Å². The molecule has 2 N–H and O–H groups in total. The molecule has 0 fully saturated rings. The largest absolute Gasteiger partial charge is 0.482 e. The average Bonchev–Trinajstić information content (AvgIpc) is 3.12. The number of carbonyl (C=O) groups excluding carboxylic acids is 2. The SMILES string of the molecule is Cn1ccnc1[C@H](NC(=O)c1ccc2c(c1)OCC(=O)N2)c1ccc(Cl)cc1. The number of nitrogens with zero attached hydrogens (tertiary/aromatic N) is 2. The van der Waals surface area contributed by atoms with Crippen molar-refractivity contribution in [1.29, 1.82) is 0 Å². The fourth-order valence-electron chi connectivity index (χ4n) is 3.04. The molecule has 8 heteroatoms. The molecular weight excluding hydrogens is 380 g/mol. The van der Waals surface area contributed by atoms with Crippen molar-refractivity contribution in [2.45, 2.75) is 6.04 Å². The van der Waals surface area contributed by atoms with Crippen LogP contribution in [0.2, 0.25) is 5.02 Å². The number of anilines is 1. The predicted molar refractivity (Wildman–Crippen MR) is 105 cm³/mol. The second kappa shape index (κ2) is 7.36. The van der Waals surface area contributed by atoms with Crippen LogP contribution in [-0.4, -0.2) is 28.0 Å². The van der Waals surface area contributed by atoms with E-state index >= 15 is 0 Å². The van der Waals surface area contributed by atoms with Crippen molar-refractivity contribution in [2.24, 2.45) is 7.05 Å². The van der Waals surface area contributed by atoms with E-state index in [0.29, 0.717) is 27.8 Å². The lowest BCUT2D eigenvalue weighted by Gasteiger charge is -2.21. The molecule has 2 amide bonds. The number of carbonyl (C=O) groups is 2. The van der Waals surface area contributed by atoms with Crippen LogP contribution in [0.4, 0.5) is 5.69 Å².